The molecule has 0 radical (unpaired) electrons. The Kier molecular flexibility index (Phi) is 9.43. The van der Waals surface area contributed by atoms with E-state index in [0.717, 1.165) is 30.6 Å². The van der Waals surface area contributed by atoms with E-state index in [4.69, 9.17) is 4.74 Å². The van der Waals surface area contributed by atoms with E-state index in [1.807, 2.05) is 36.1 Å². The minimum atomic E-state index is -0.0200. The summed E-state index contributed by atoms with van der Waals surface area (Å²) in [7, 11) is 3.45. The topological polar surface area (TPSA) is 86.3 Å². The van der Waals surface area contributed by atoms with Gasteiger partial charge >= 0.3 is 0 Å². The van der Waals surface area contributed by atoms with Crippen molar-refractivity contribution in [1.82, 2.24) is 15.5 Å². The van der Waals surface area contributed by atoms with Crippen molar-refractivity contribution in [1.29, 1.82) is 0 Å². The highest BCUT2D eigenvalue weighted by Gasteiger charge is 2.21. The van der Waals surface area contributed by atoms with Gasteiger partial charge in [-0.15, -0.1) is 0 Å². The number of guanidine groups is 1. The third-order valence-electron chi connectivity index (χ3n) is 4.61. The van der Waals surface area contributed by atoms with E-state index in [0.29, 0.717) is 38.7 Å². The Morgan fingerprint density at radius 3 is 2.62 bits per heavy atom. The molecule has 0 unspecified atom stereocenters. The second kappa shape index (κ2) is 12.1. The molecular formula is C21H33N5O3. The molecular weight excluding hydrogens is 370 g/mol. The molecule has 1 aromatic rings. The molecule has 0 aromatic heterocycles. The maximum Gasteiger partial charge on any atom is 0.241 e. The van der Waals surface area contributed by atoms with Crippen molar-refractivity contribution in [2.24, 2.45) is 4.99 Å². The molecule has 2 amide bonds. The van der Waals surface area contributed by atoms with Gasteiger partial charge in [-0.25, -0.2) is 4.99 Å². The third-order valence-corrected chi connectivity index (χ3v) is 4.61. The number of aliphatic imine (C=N–C) groups is 1. The first kappa shape index (κ1) is 22.7. The van der Waals surface area contributed by atoms with Crippen molar-refractivity contribution in [3.8, 4) is 0 Å². The van der Waals surface area contributed by atoms with Crippen LogP contribution in [0.1, 0.15) is 31.7 Å². The Morgan fingerprint density at radius 2 is 2.00 bits per heavy atom. The Balaban J connectivity index is 1.93. The van der Waals surface area contributed by atoms with Crippen molar-refractivity contribution < 1.29 is 14.3 Å². The minimum absolute atomic E-state index is 0.0200. The van der Waals surface area contributed by atoms with Gasteiger partial charge < -0.3 is 25.2 Å². The van der Waals surface area contributed by atoms with Crippen molar-refractivity contribution >= 4 is 23.5 Å². The molecule has 0 saturated carbocycles. The minimum Gasteiger partial charge on any atom is -0.382 e. The monoisotopic (exact) mass is 403 g/mol. The molecule has 0 aliphatic carbocycles. The van der Waals surface area contributed by atoms with E-state index in [2.05, 4.69) is 15.6 Å². The fraction of sp³-hybridized carbons (Fsp3) is 0.571. The van der Waals surface area contributed by atoms with Gasteiger partial charge in [0, 0.05) is 52.5 Å². The van der Waals surface area contributed by atoms with Crippen LogP contribution < -0.4 is 15.5 Å². The Bertz CT molecular complexity index is 688. The van der Waals surface area contributed by atoms with Gasteiger partial charge in [0.1, 0.15) is 0 Å². The van der Waals surface area contributed by atoms with E-state index in [1.165, 1.54) is 4.90 Å². The average Bonchev–Trinajstić information content (AvgIpc) is 3.15. The molecule has 8 heteroatoms. The van der Waals surface area contributed by atoms with Crippen LogP contribution >= 0.6 is 0 Å². The fourth-order valence-electron chi connectivity index (χ4n) is 2.89. The van der Waals surface area contributed by atoms with E-state index in [9.17, 15) is 9.59 Å². The quantitative estimate of drug-likeness (QED) is 0.350. The highest BCUT2D eigenvalue weighted by Crippen LogP contribution is 2.21. The number of hydrogen-bond donors (Lipinski definition) is 2. The third kappa shape index (κ3) is 7.73. The standard InChI is InChI=1S/C21H33N5O3/c1-4-29-14-6-12-22-21(24-16-20(28)25(2)3)23-15-17-8-10-18(11-9-17)26-13-5-7-19(26)27/h8-11H,4-7,12-16H2,1-3H3,(H2,22,23,24). The van der Waals surface area contributed by atoms with Crippen molar-refractivity contribution in [3.05, 3.63) is 29.8 Å². The maximum absolute atomic E-state index is 11.9. The van der Waals surface area contributed by atoms with E-state index >= 15 is 0 Å². The summed E-state index contributed by atoms with van der Waals surface area (Å²) in [5, 5.41) is 6.32. The lowest BCUT2D eigenvalue weighted by Crippen LogP contribution is -2.43. The van der Waals surface area contributed by atoms with Crippen molar-refractivity contribution in [3.63, 3.8) is 0 Å². The van der Waals surface area contributed by atoms with E-state index in [1.54, 1.807) is 14.1 Å². The molecule has 1 saturated heterocycles. The zero-order valence-corrected chi connectivity index (χ0v) is 17.7. The van der Waals surface area contributed by atoms with E-state index < -0.39 is 0 Å². The summed E-state index contributed by atoms with van der Waals surface area (Å²) in [6, 6.07) is 7.91. The van der Waals surface area contributed by atoms with Crippen LogP contribution in [0.15, 0.2) is 29.3 Å². The second-order valence-electron chi connectivity index (χ2n) is 7.10. The van der Waals surface area contributed by atoms with Gasteiger partial charge in [-0.1, -0.05) is 12.1 Å². The van der Waals surface area contributed by atoms with Crippen LogP contribution in [-0.4, -0.2) is 69.6 Å². The summed E-state index contributed by atoms with van der Waals surface area (Å²) in [4.78, 5) is 31.7. The van der Waals surface area contributed by atoms with Gasteiger partial charge in [0.15, 0.2) is 5.96 Å². The molecule has 29 heavy (non-hydrogen) atoms. The van der Waals surface area contributed by atoms with Crippen LogP contribution in [0, 0.1) is 0 Å². The van der Waals surface area contributed by atoms with Crippen molar-refractivity contribution in [2.75, 3.05) is 51.8 Å². The molecule has 8 nitrogen and oxygen atoms in total. The Labute approximate surface area is 173 Å². The maximum atomic E-state index is 11.9. The lowest BCUT2D eigenvalue weighted by Gasteiger charge is -2.16. The number of nitrogens with one attached hydrogen (secondary N) is 2. The Morgan fingerprint density at radius 1 is 1.24 bits per heavy atom. The zero-order valence-electron chi connectivity index (χ0n) is 17.7. The summed E-state index contributed by atoms with van der Waals surface area (Å²) in [6.07, 6.45) is 2.40. The van der Waals surface area contributed by atoms with E-state index in [-0.39, 0.29) is 18.4 Å². The molecule has 160 valence electrons. The predicted octanol–water partition coefficient (Wildman–Crippen LogP) is 1.36. The molecule has 1 heterocycles. The molecule has 1 aromatic carbocycles. The summed E-state index contributed by atoms with van der Waals surface area (Å²) in [5.74, 6) is 0.757. The van der Waals surface area contributed by atoms with Gasteiger partial charge in [0.2, 0.25) is 11.8 Å². The van der Waals surface area contributed by atoms with Crippen LogP contribution in [0.25, 0.3) is 0 Å². The van der Waals surface area contributed by atoms with Gasteiger partial charge in [-0.05, 0) is 37.5 Å². The molecule has 1 aliphatic heterocycles. The van der Waals surface area contributed by atoms with Gasteiger partial charge in [-0.3, -0.25) is 9.59 Å². The molecule has 0 bridgehead atoms. The summed E-state index contributed by atoms with van der Waals surface area (Å²) in [6.45, 7) is 5.51. The van der Waals surface area contributed by atoms with Crippen LogP contribution in [0.5, 0.6) is 0 Å². The zero-order chi connectivity index (χ0) is 21.1. The van der Waals surface area contributed by atoms with Crippen molar-refractivity contribution in [2.45, 2.75) is 32.7 Å². The first-order chi connectivity index (χ1) is 14.0. The highest BCUT2D eigenvalue weighted by atomic mass is 16.5. The number of carbonyl (C=O) groups is 2. The Hall–Kier alpha value is -2.61. The van der Waals surface area contributed by atoms with Gasteiger partial charge in [0.25, 0.3) is 0 Å². The number of rotatable bonds is 10. The normalized spacial score (nSPS) is 14.2. The van der Waals surface area contributed by atoms with Gasteiger partial charge in [0.05, 0.1) is 13.1 Å². The molecule has 2 N–H and O–H groups in total. The SMILES string of the molecule is CCOCCCNC(=NCc1ccc(N2CCCC2=O)cc1)NCC(=O)N(C)C. The second-order valence-corrected chi connectivity index (χ2v) is 7.10. The first-order valence-corrected chi connectivity index (χ1v) is 10.2. The molecule has 2 rings (SSSR count). The van der Waals surface area contributed by atoms with Crippen LogP contribution in [0.3, 0.4) is 0 Å². The molecule has 1 fully saturated rings. The van der Waals surface area contributed by atoms with Gasteiger partial charge in [-0.2, -0.15) is 0 Å². The highest BCUT2D eigenvalue weighted by molar-refractivity contribution is 5.95. The van der Waals surface area contributed by atoms with Crippen LogP contribution in [-0.2, 0) is 20.9 Å². The summed E-state index contributed by atoms with van der Waals surface area (Å²) >= 11 is 0. The summed E-state index contributed by atoms with van der Waals surface area (Å²) < 4.78 is 5.35. The lowest BCUT2D eigenvalue weighted by molar-refractivity contribution is -0.127. The number of ether oxygens (including phenoxy) is 1. The lowest BCUT2D eigenvalue weighted by atomic mass is 10.2. The first-order valence-electron chi connectivity index (χ1n) is 10.2. The average molecular weight is 404 g/mol. The number of nitrogens with zero attached hydrogens (tertiary/aromatic N) is 3. The predicted molar refractivity (Wildman–Crippen MR) is 115 cm³/mol. The molecule has 1 aliphatic rings. The molecule has 0 atom stereocenters. The largest absolute Gasteiger partial charge is 0.382 e. The fourth-order valence-corrected chi connectivity index (χ4v) is 2.89. The number of carbonyl (C=O) groups excluding carboxylic acids is 2. The number of anilines is 1. The number of amides is 2. The van der Waals surface area contributed by atoms with Crippen LogP contribution in [0.4, 0.5) is 5.69 Å². The number of likely N-dealkylation sites (N-methyl/N-ethyl adjacent to an activating group) is 1. The number of hydrogen-bond acceptors (Lipinski definition) is 4. The number of benzene rings is 1. The smallest absolute Gasteiger partial charge is 0.241 e. The summed E-state index contributed by atoms with van der Waals surface area (Å²) in [5.41, 5.74) is 1.97. The molecule has 0 spiro atoms. The van der Waals surface area contributed by atoms with Crippen LogP contribution in [0.2, 0.25) is 0 Å².